The predicted molar refractivity (Wildman–Crippen MR) is 341 cm³/mol. The molecule has 0 radical (unpaired) electrons. The lowest BCUT2D eigenvalue weighted by Crippen LogP contribution is -2.72. The van der Waals surface area contributed by atoms with Gasteiger partial charge in [0.1, 0.15) is 66.5 Å². The summed E-state index contributed by atoms with van der Waals surface area (Å²) in [6.45, 7) is 3.05. The van der Waals surface area contributed by atoms with Gasteiger partial charge in [0.2, 0.25) is 0 Å². The molecule has 6 aromatic carbocycles. The number of halogens is 1. The fourth-order valence-corrected chi connectivity index (χ4v) is 14.4. The molecular weight excluding hydrogens is 1330 g/mol. The summed E-state index contributed by atoms with van der Waals surface area (Å²) in [7, 11) is 0. The largest absolute Gasteiger partial charge is 0.463 e. The maximum atomic E-state index is 15.5. The number of carbonyl (C=O) groups excluding carboxylic acids is 11. The van der Waals surface area contributed by atoms with Crippen LogP contribution in [0.25, 0.3) is 0 Å². The molecule has 6 amide bonds. The minimum atomic E-state index is -2.18. The molecule has 0 unspecified atom stereocenters. The fraction of sp³-hybridized carbons (Fsp3) is 0.347. The van der Waals surface area contributed by atoms with Crippen molar-refractivity contribution in [3.63, 3.8) is 0 Å². The van der Waals surface area contributed by atoms with Crippen LogP contribution in [-0.4, -0.2) is 191 Å². The molecule has 26 nitrogen and oxygen atoms in total. The molecular formula is C72H66FN3O23S. The molecule has 6 aliphatic rings. The van der Waals surface area contributed by atoms with E-state index in [4.69, 9.17) is 56.8 Å². The van der Waals surface area contributed by atoms with E-state index in [2.05, 4.69) is 0 Å². The Hall–Kier alpha value is -9.91. The normalized spacial score (nSPS) is 26.9. The summed E-state index contributed by atoms with van der Waals surface area (Å²) >= 11 is 0.935. The van der Waals surface area contributed by atoms with Crippen LogP contribution in [0.3, 0.4) is 0 Å². The van der Waals surface area contributed by atoms with Gasteiger partial charge in [0.15, 0.2) is 37.0 Å². The standard InChI is InChI=1S/C72H66FN3O23S/c1-37(77)90-36-54-58(91-38(2)78)61(92-39(3)79)55(74-64(82)46-22-12-13-23-47(46)65(74)83)71(96-54)98-59-52(34-88-32-42-18-8-6-9-19-42)95-70(56(62(59)93-40(4)80)75-66(84)48-24-14-15-25-49(48)67(75)85)99-60-53(35-89-33-43-20-10-7-11-21-43)97-72(100-45-30-28-44(73)29-31-45)57(63(60)94-41(5)81)76-68(86)50-26-16-17-27-51(50)69(76)87/h6-31,52-63,70-72H,32-36H2,1-5H3/t52-,53-,54-,55-,56-,57-,58-,59-,60-,61-,62-,63-,70+,71+,72+/m1/s1. The van der Waals surface area contributed by atoms with Gasteiger partial charge in [-0.2, -0.15) is 0 Å². The molecule has 0 aliphatic carbocycles. The van der Waals surface area contributed by atoms with Crippen LogP contribution in [0, 0.1) is 5.82 Å². The van der Waals surface area contributed by atoms with Gasteiger partial charge in [0, 0.05) is 39.5 Å². The Morgan fingerprint density at radius 3 is 1.07 bits per heavy atom. The first-order valence-corrected chi connectivity index (χ1v) is 32.7. The molecule has 28 heteroatoms. The van der Waals surface area contributed by atoms with Crippen molar-refractivity contribution in [3.8, 4) is 0 Å². The van der Waals surface area contributed by atoms with Crippen molar-refractivity contribution in [1.82, 2.24) is 14.7 Å². The minimum Gasteiger partial charge on any atom is -0.463 e. The van der Waals surface area contributed by atoms with Gasteiger partial charge in [-0.1, -0.05) is 109 Å². The van der Waals surface area contributed by atoms with Crippen LogP contribution >= 0.6 is 11.8 Å². The number of hydrogen-bond donors (Lipinski definition) is 0. The summed E-state index contributed by atoms with van der Waals surface area (Å²) in [4.78, 5) is 161. The summed E-state index contributed by atoms with van der Waals surface area (Å²) in [6, 6.07) is 34.5. The van der Waals surface area contributed by atoms with E-state index in [0.717, 1.165) is 51.3 Å². The Morgan fingerprint density at radius 2 is 0.700 bits per heavy atom. The average Bonchev–Trinajstić information content (AvgIpc) is 1.45. The van der Waals surface area contributed by atoms with Crippen LogP contribution in [0.15, 0.2) is 163 Å². The zero-order valence-corrected chi connectivity index (χ0v) is 55.0. The van der Waals surface area contributed by atoms with Crippen LogP contribution < -0.4 is 0 Å². The van der Waals surface area contributed by atoms with Crippen LogP contribution in [0.2, 0.25) is 0 Å². The highest BCUT2D eigenvalue weighted by molar-refractivity contribution is 7.99. The van der Waals surface area contributed by atoms with E-state index >= 15 is 9.59 Å². The number of nitrogens with zero attached hydrogens (tertiary/aromatic N) is 3. The first-order valence-electron chi connectivity index (χ1n) is 31.8. The van der Waals surface area contributed by atoms with E-state index in [1.54, 1.807) is 72.8 Å². The molecule has 0 aromatic heterocycles. The maximum absolute atomic E-state index is 15.5. The molecule has 0 spiro atoms. The fourth-order valence-electron chi connectivity index (χ4n) is 13.2. The third kappa shape index (κ3) is 14.6. The van der Waals surface area contributed by atoms with Gasteiger partial charge in [0.25, 0.3) is 35.4 Å². The van der Waals surface area contributed by atoms with Gasteiger partial charge < -0.3 is 56.8 Å². The number of carbonyl (C=O) groups is 11. The van der Waals surface area contributed by atoms with Crippen molar-refractivity contribution < 1.29 is 114 Å². The lowest BCUT2D eigenvalue weighted by Gasteiger charge is -2.53. The van der Waals surface area contributed by atoms with Gasteiger partial charge in [-0.25, -0.2) is 4.39 Å². The van der Waals surface area contributed by atoms with E-state index in [-0.39, 0.29) is 46.6 Å². The zero-order chi connectivity index (χ0) is 70.6. The number of thioether (sulfide) groups is 1. The van der Waals surface area contributed by atoms with E-state index in [1.165, 1.54) is 84.9 Å². The molecule has 6 aromatic rings. The van der Waals surface area contributed by atoms with Crippen LogP contribution in [0.4, 0.5) is 4.39 Å². The van der Waals surface area contributed by atoms with Crippen LogP contribution in [-0.2, 0) is 94.0 Å². The zero-order valence-electron chi connectivity index (χ0n) is 54.2. The monoisotopic (exact) mass is 1390 g/mol. The molecule has 6 heterocycles. The summed E-state index contributed by atoms with van der Waals surface area (Å²) in [5.74, 6) is -11.2. The van der Waals surface area contributed by atoms with E-state index in [9.17, 15) is 47.5 Å². The molecule has 520 valence electrons. The van der Waals surface area contributed by atoms with E-state index in [0.29, 0.717) is 25.8 Å². The summed E-state index contributed by atoms with van der Waals surface area (Å²) in [5.41, 5.74) is -0.691. The number of ether oxygens (including phenoxy) is 12. The smallest absolute Gasteiger partial charge is 0.303 e. The van der Waals surface area contributed by atoms with Crippen LogP contribution in [0.1, 0.15) is 108 Å². The first kappa shape index (κ1) is 70.0. The Bertz CT molecular complexity index is 4040. The number of rotatable bonds is 23. The maximum Gasteiger partial charge on any atom is 0.303 e. The summed E-state index contributed by atoms with van der Waals surface area (Å²) in [6.07, 6.45) is -20.8. The van der Waals surface area contributed by atoms with Gasteiger partial charge in [-0.3, -0.25) is 67.4 Å². The number of fused-ring (bicyclic) bond motifs is 3. The van der Waals surface area contributed by atoms with Crippen molar-refractivity contribution in [2.24, 2.45) is 0 Å². The molecule has 3 saturated heterocycles. The van der Waals surface area contributed by atoms with Gasteiger partial charge in [-0.05, 0) is 71.8 Å². The highest BCUT2D eigenvalue weighted by Crippen LogP contribution is 2.45. The number of hydrogen-bond acceptors (Lipinski definition) is 24. The van der Waals surface area contributed by atoms with Crippen molar-refractivity contribution >= 4 is 77.1 Å². The van der Waals surface area contributed by atoms with Crippen molar-refractivity contribution in [1.29, 1.82) is 0 Å². The second-order valence-corrected chi connectivity index (χ2v) is 25.2. The molecule has 6 aliphatic heterocycles. The van der Waals surface area contributed by atoms with Crippen molar-refractivity contribution in [2.75, 3.05) is 19.8 Å². The Kier molecular flexibility index (Phi) is 21.2. The van der Waals surface area contributed by atoms with Crippen molar-refractivity contribution in [3.05, 3.63) is 208 Å². The minimum absolute atomic E-state index is 0.0220. The van der Waals surface area contributed by atoms with Crippen molar-refractivity contribution in [2.45, 2.75) is 144 Å². The topological polar surface area (TPSA) is 308 Å². The van der Waals surface area contributed by atoms with E-state index in [1.807, 2.05) is 0 Å². The molecule has 3 fully saturated rings. The SMILES string of the molecule is CC(=O)OC[C@H]1O[C@@H](O[C@H]2[C@H](OC(C)=O)[C@@H](N3C(=O)c4ccccc4C3=O)[C@H](O[C@H]3[C@H](OC(C)=O)[C@@H](N4C(=O)c5ccccc5C4=O)[C@H](Sc4ccc(F)cc4)O[C@@H]3COCc3ccccc3)O[C@@H]2COCc2ccccc2)[C@H](N2C(=O)c3ccccc3C2=O)[C@@H](OC(C)=O)[C@@H]1OC(C)=O. The van der Waals surface area contributed by atoms with Gasteiger partial charge >= 0.3 is 29.8 Å². The number of imide groups is 3. The Balaban J connectivity index is 1.04. The highest BCUT2D eigenvalue weighted by Gasteiger charge is 2.64. The van der Waals surface area contributed by atoms with Gasteiger partial charge in [0.05, 0.1) is 59.8 Å². The second kappa shape index (κ2) is 30.3. The molecule has 0 saturated carbocycles. The summed E-state index contributed by atoms with van der Waals surface area (Å²) < 4.78 is 92.7. The number of esters is 5. The van der Waals surface area contributed by atoms with E-state index < -0.39 is 182 Å². The summed E-state index contributed by atoms with van der Waals surface area (Å²) in [5, 5.41) is 0. The highest BCUT2D eigenvalue weighted by atomic mass is 32.2. The lowest BCUT2D eigenvalue weighted by atomic mass is 9.92. The third-order valence-corrected chi connectivity index (χ3v) is 18.5. The molecule has 15 atom stereocenters. The quantitative estimate of drug-likeness (QED) is 0.0371. The second-order valence-electron chi connectivity index (χ2n) is 24.1. The molecule has 0 N–H and O–H groups in total. The lowest BCUT2D eigenvalue weighted by molar-refractivity contribution is -0.355. The molecule has 100 heavy (non-hydrogen) atoms. The van der Waals surface area contributed by atoms with Crippen LogP contribution in [0.5, 0.6) is 0 Å². The Morgan fingerprint density at radius 1 is 0.380 bits per heavy atom. The number of amides is 6. The number of benzene rings is 6. The first-order chi connectivity index (χ1) is 48.1. The molecule has 0 bridgehead atoms. The Labute approximate surface area is 575 Å². The van der Waals surface area contributed by atoms with Gasteiger partial charge in [-0.15, -0.1) is 0 Å². The predicted octanol–water partition coefficient (Wildman–Crippen LogP) is 6.58. The molecule has 12 rings (SSSR count). The third-order valence-electron chi connectivity index (χ3n) is 17.3. The average molecular weight is 1390 g/mol.